The maximum Gasteiger partial charge on any atom is 0.261 e. The normalized spacial score (nSPS) is 13.1. The highest BCUT2D eigenvalue weighted by Gasteiger charge is 2.27. The SMILES string of the molecule is COc1ccc(C(=O)Nc2sc3c(c2-c2nc(C)no2)CCOC3)cc1OC. The highest BCUT2D eigenvalue weighted by molar-refractivity contribution is 7.17. The number of benzene rings is 1. The molecule has 1 aromatic carbocycles. The second-order valence-corrected chi connectivity index (χ2v) is 7.29. The molecule has 3 heterocycles. The zero-order valence-electron chi connectivity index (χ0n) is 15.7. The number of nitrogens with zero attached hydrogens (tertiary/aromatic N) is 2. The predicted molar refractivity (Wildman–Crippen MR) is 103 cm³/mol. The molecule has 0 fully saturated rings. The maximum atomic E-state index is 12.9. The second kappa shape index (κ2) is 7.61. The van der Waals surface area contributed by atoms with E-state index in [9.17, 15) is 4.79 Å². The lowest BCUT2D eigenvalue weighted by atomic mass is 10.1. The lowest BCUT2D eigenvalue weighted by molar-refractivity contribution is 0.102. The number of thiophene rings is 1. The molecule has 9 heteroatoms. The van der Waals surface area contributed by atoms with Crippen LogP contribution in [0.1, 0.15) is 26.6 Å². The summed E-state index contributed by atoms with van der Waals surface area (Å²) in [5, 5.41) is 7.53. The van der Waals surface area contributed by atoms with Crippen molar-refractivity contribution in [3.05, 3.63) is 40.0 Å². The highest BCUT2D eigenvalue weighted by atomic mass is 32.1. The van der Waals surface area contributed by atoms with E-state index in [1.165, 1.54) is 18.4 Å². The second-order valence-electron chi connectivity index (χ2n) is 6.18. The molecule has 3 aromatic rings. The molecule has 8 nitrogen and oxygen atoms in total. The lowest BCUT2D eigenvalue weighted by Crippen LogP contribution is -2.12. The van der Waals surface area contributed by atoms with Crippen LogP contribution in [0.5, 0.6) is 11.5 Å². The Balaban J connectivity index is 1.70. The largest absolute Gasteiger partial charge is 0.493 e. The molecule has 0 aliphatic carbocycles. The summed E-state index contributed by atoms with van der Waals surface area (Å²) >= 11 is 1.47. The maximum absolute atomic E-state index is 12.9. The molecule has 0 saturated carbocycles. The van der Waals surface area contributed by atoms with Gasteiger partial charge >= 0.3 is 0 Å². The molecular weight excluding hydrogens is 382 g/mol. The van der Waals surface area contributed by atoms with Crippen molar-refractivity contribution >= 4 is 22.2 Å². The van der Waals surface area contributed by atoms with Gasteiger partial charge in [-0.1, -0.05) is 5.16 Å². The molecule has 28 heavy (non-hydrogen) atoms. The van der Waals surface area contributed by atoms with E-state index in [1.807, 2.05) is 0 Å². The Kier molecular flexibility index (Phi) is 5.01. The van der Waals surface area contributed by atoms with Crippen LogP contribution in [0.3, 0.4) is 0 Å². The third kappa shape index (κ3) is 3.34. The van der Waals surface area contributed by atoms with Gasteiger partial charge in [-0.2, -0.15) is 4.98 Å². The Morgan fingerprint density at radius 2 is 2.07 bits per heavy atom. The van der Waals surface area contributed by atoms with Gasteiger partial charge in [-0.05, 0) is 37.1 Å². The van der Waals surface area contributed by atoms with E-state index < -0.39 is 0 Å². The van der Waals surface area contributed by atoms with Gasteiger partial charge in [0.15, 0.2) is 17.3 Å². The minimum Gasteiger partial charge on any atom is -0.493 e. The molecule has 1 N–H and O–H groups in total. The number of carbonyl (C=O) groups is 1. The summed E-state index contributed by atoms with van der Waals surface area (Å²) in [6.45, 7) is 2.89. The summed E-state index contributed by atoms with van der Waals surface area (Å²) in [5.74, 6) is 1.73. The molecule has 1 aliphatic rings. The van der Waals surface area contributed by atoms with E-state index in [0.717, 1.165) is 22.4 Å². The van der Waals surface area contributed by atoms with Gasteiger partial charge in [0.2, 0.25) is 0 Å². The van der Waals surface area contributed by atoms with Gasteiger partial charge in [-0.15, -0.1) is 11.3 Å². The molecule has 146 valence electrons. The third-order valence-corrected chi connectivity index (χ3v) is 5.56. The summed E-state index contributed by atoms with van der Waals surface area (Å²) < 4.78 is 21.5. The highest BCUT2D eigenvalue weighted by Crippen LogP contribution is 2.42. The summed E-state index contributed by atoms with van der Waals surface area (Å²) in [4.78, 5) is 18.3. The van der Waals surface area contributed by atoms with Crippen molar-refractivity contribution in [1.29, 1.82) is 0 Å². The lowest BCUT2D eigenvalue weighted by Gasteiger charge is -2.12. The summed E-state index contributed by atoms with van der Waals surface area (Å²) in [7, 11) is 3.08. The van der Waals surface area contributed by atoms with Crippen LogP contribution in [0.2, 0.25) is 0 Å². The van der Waals surface area contributed by atoms with Crippen molar-refractivity contribution in [1.82, 2.24) is 10.1 Å². The fourth-order valence-corrected chi connectivity index (χ4v) is 4.27. The van der Waals surface area contributed by atoms with Crippen molar-refractivity contribution in [3.8, 4) is 23.0 Å². The van der Waals surface area contributed by atoms with E-state index in [2.05, 4.69) is 15.5 Å². The van der Waals surface area contributed by atoms with Gasteiger partial charge in [-0.25, -0.2) is 0 Å². The fourth-order valence-electron chi connectivity index (χ4n) is 3.10. The summed E-state index contributed by atoms with van der Waals surface area (Å²) in [5.41, 5.74) is 2.31. The topological polar surface area (TPSA) is 95.7 Å². The number of aryl methyl sites for hydroxylation is 1. The number of amides is 1. The Labute approximate surface area is 165 Å². The van der Waals surface area contributed by atoms with Crippen LogP contribution in [0.25, 0.3) is 11.5 Å². The first-order valence-electron chi connectivity index (χ1n) is 8.67. The van der Waals surface area contributed by atoms with Crippen LogP contribution in [-0.2, 0) is 17.8 Å². The van der Waals surface area contributed by atoms with Crippen molar-refractivity contribution in [2.75, 3.05) is 26.1 Å². The number of anilines is 1. The molecule has 0 unspecified atom stereocenters. The number of rotatable bonds is 5. The van der Waals surface area contributed by atoms with Crippen molar-refractivity contribution in [2.24, 2.45) is 0 Å². The van der Waals surface area contributed by atoms with E-state index in [0.29, 0.717) is 47.0 Å². The minimum absolute atomic E-state index is 0.266. The monoisotopic (exact) mass is 401 g/mol. The van der Waals surface area contributed by atoms with E-state index in [4.69, 9.17) is 18.7 Å². The van der Waals surface area contributed by atoms with Gasteiger partial charge in [-0.3, -0.25) is 4.79 Å². The number of hydrogen-bond acceptors (Lipinski definition) is 8. The van der Waals surface area contributed by atoms with Crippen LogP contribution in [0.4, 0.5) is 5.00 Å². The summed E-state index contributed by atoms with van der Waals surface area (Å²) in [6, 6.07) is 5.02. The zero-order valence-corrected chi connectivity index (χ0v) is 16.5. The molecule has 0 bridgehead atoms. The van der Waals surface area contributed by atoms with Crippen LogP contribution < -0.4 is 14.8 Å². The fraction of sp³-hybridized carbons (Fsp3) is 0.316. The zero-order chi connectivity index (χ0) is 19.7. The van der Waals surface area contributed by atoms with E-state index in [-0.39, 0.29) is 5.91 Å². The van der Waals surface area contributed by atoms with Crippen molar-refractivity contribution < 1.29 is 23.5 Å². The third-order valence-electron chi connectivity index (χ3n) is 4.43. The van der Waals surface area contributed by atoms with Crippen molar-refractivity contribution in [3.63, 3.8) is 0 Å². The molecule has 2 aromatic heterocycles. The number of nitrogens with one attached hydrogen (secondary N) is 1. The van der Waals surface area contributed by atoms with E-state index >= 15 is 0 Å². The molecule has 1 amide bonds. The first-order chi connectivity index (χ1) is 13.6. The number of hydrogen-bond donors (Lipinski definition) is 1. The predicted octanol–water partition coefficient (Wildman–Crippen LogP) is 3.45. The minimum atomic E-state index is -0.266. The number of ether oxygens (including phenoxy) is 3. The van der Waals surface area contributed by atoms with Gasteiger partial charge in [0.25, 0.3) is 11.8 Å². The average molecular weight is 401 g/mol. The summed E-state index contributed by atoms with van der Waals surface area (Å²) in [6.07, 6.45) is 0.731. The van der Waals surface area contributed by atoms with E-state index in [1.54, 1.807) is 32.2 Å². The van der Waals surface area contributed by atoms with Crippen molar-refractivity contribution in [2.45, 2.75) is 20.0 Å². The van der Waals surface area contributed by atoms with Gasteiger partial charge < -0.3 is 24.1 Å². The molecule has 0 radical (unpaired) electrons. The first kappa shape index (κ1) is 18.5. The number of fused-ring (bicyclic) bond motifs is 1. The molecule has 0 spiro atoms. The average Bonchev–Trinajstić information content (AvgIpc) is 3.29. The number of methoxy groups -OCH3 is 2. The first-order valence-corrected chi connectivity index (χ1v) is 9.48. The Morgan fingerprint density at radius 3 is 2.79 bits per heavy atom. The van der Waals surface area contributed by atoms with Gasteiger partial charge in [0, 0.05) is 10.4 Å². The van der Waals surface area contributed by atoms with Crippen LogP contribution in [0.15, 0.2) is 22.7 Å². The molecule has 0 saturated heterocycles. The molecule has 1 aliphatic heterocycles. The quantitative estimate of drug-likeness (QED) is 0.699. The molecule has 0 atom stereocenters. The Bertz CT molecular complexity index is 1030. The molecule has 4 rings (SSSR count). The van der Waals surface area contributed by atoms with Crippen LogP contribution in [0, 0.1) is 6.92 Å². The van der Waals surface area contributed by atoms with Gasteiger partial charge in [0.1, 0.15) is 5.00 Å². The Morgan fingerprint density at radius 1 is 1.25 bits per heavy atom. The van der Waals surface area contributed by atoms with Crippen LogP contribution in [-0.4, -0.2) is 36.9 Å². The standard InChI is InChI=1S/C19H19N3O5S/c1-10-20-18(27-22-10)16-12-6-7-26-9-15(12)28-19(16)21-17(23)11-4-5-13(24-2)14(8-11)25-3/h4-5,8H,6-7,9H2,1-3H3,(H,21,23). The Hall–Kier alpha value is -2.91. The number of aromatic nitrogens is 2. The number of carbonyl (C=O) groups excluding carboxylic acids is 1. The molecular formula is C19H19N3O5S. The van der Waals surface area contributed by atoms with Gasteiger partial charge in [0.05, 0.1) is 33.0 Å². The van der Waals surface area contributed by atoms with Crippen LogP contribution >= 0.6 is 11.3 Å². The smallest absolute Gasteiger partial charge is 0.261 e.